The first kappa shape index (κ1) is 15.0. The van der Waals surface area contributed by atoms with E-state index in [2.05, 4.69) is 27.1 Å². The summed E-state index contributed by atoms with van der Waals surface area (Å²) in [6.07, 6.45) is 0.646. The Balaban J connectivity index is 2.39. The van der Waals surface area contributed by atoms with Crippen LogP contribution < -0.4 is 10.2 Å². The molecule has 0 aliphatic carbocycles. The largest absolute Gasteiger partial charge is 0.394 e. The minimum absolute atomic E-state index is 0.0346. The lowest BCUT2D eigenvalue weighted by atomic mass is 10.1. The molecule has 1 aliphatic rings. The lowest BCUT2D eigenvalue weighted by molar-refractivity contribution is -0.0106. The van der Waals surface area contributed by atoms with Crippen LogP contribution in [0.15, 0.2) is 0 Å². The molecule has 0 saturated carbocycles. The van der Waals surface area contributed by atoms with Crippen LogP contribution in [0.5, 0.6) is 0 Å². The van der Waals surface area contributed by atoms with Crippen molar-refractivity contribution in [1.29, 1.82) is 0 Å². The summed E-state index contributed by atoms with van der Waals surface area (Å²) in [5.74, 6) is 2.63. The number of aryl methyl sites for hydroxylation is 1. The number of rotatable bonds is 4. The fourth-order valence-electron chi connectivity index (χ4n) is 2.45. The molecule has 6 heteroatoms. The second-order valence-electron chi connectivity index (χ2n) is 5.18. The maximum absolute atomic E-state index is 9.32. The fraction of sp³-hybridized carbons (Fsp3) is 0.714. The van der Waals surface area contributed by atoms with E-state index in [0.29, 0.717) is 13.2 Å². The third kappa shape index (κ3) is 2.86. The third-order valence-electron chi connectivity index (χ3n) is 3.70. The van der Waals surface area contributed by atoms with Crippen LogP contribution in [-0.2, 0) is 11.2 Å². The van der Waals surface area contributed by atoms with Crippen molar-refractivity contribution in [1.82, 2.24) is 9.97 Å². The molecule has 2 atom stereocenters. The first-order valence-corrected chi connectivity index (χ1v) is 7.15. The van der Waals surface area contributed by atoms with Crippen molar-refractivity contribution in [3.63, 3.8) is 0 Å². The SMILES string of the molecule is CCc1nc(NC)c(C)c(N2CC(CO)OCC2C)n1. The highest BCUT2D eigenvalue weighted by molar-refractivity contribution is 5.59. The molecule has 1 aromatic heterocycles. The summed E-state index contributed by atoms with van der Waals surface area (Å²) in [7, 11) is 1.87. The Bertz CT molecular complexity index is 467. The quantitative estimate of drug-likeness (QED) is 0.856. The fourth-order valence-corrected chi connectivity index (χ4v) is 2.45. The molecule has 0 radical (unpaired) electrons. The van der Waals surface area contributed by atoms with Gasteiger partial charge in [-0.25, -0.2) is 9.97 Å². The van der Waals surface area contributed by atoms with Crippen molar-refractivity contribution in [2.45, 2.75) is 39.3 Å². The average molecular weight is 280 g/mol. The van der Waals surface area contributed by atoms with Gasteiger partial charge in [0, 0.05) is 25.6 Å². The zero-order valence-corrected chi connectivity index (χ0v) is 12.7. The van der Waals surface area contributed by atoms with Crippen molar-refractivity contribution in [3.05, 3.63) is 11.4 Å². The second kappa shape index (κ2) is 6.37. The summed E-state index contributed by atoms with van der Waals surface area (Å²) in [6.45, 7) is 7.48. The van der Waals surface area contributed by atoms with Crippen LogP contribution in [0.2, 0.25) is 0 Å². The number of aromatic nitrogens is 2. The van der Waals surface area contributed by atoms with E-state index in [1.807, 2.05) is 20.9 Å². The van der Waals surface area contributed by atoms with Crippen LogP contribution in [0.4, 0.5) is 11.6 Å². The summed E-state index contributed by atoms with van der Waals surface area (Å²) in [5, 5.41) is 12.4. The molecular formula is C14H24N4O2. The molecule has 6 nitrogen and oxygen atoms in total. The maximum Gasteiger partial charge on any atom is 0.137 e. The van der Waals surface area contributed by atoms with Crippen molar-refractivity contribution >= 4 is 11.6 Å². The normalized spacial score (nSPS) is 22.9. The molecule has 0 bridgehead atoms. The first-order valence-electron chi connectivity index (χ1n) is 7.15. The van der Waals surface area contributed by atoms with Crippen molar-refractivity contribution < 1.29 is 9.84 Å². The Morgan fingerprint density at radius 2 is 2.20 bits per heavy atom. The predicted molar refractivity (Wildman–Crippen MR) is 79.3 cm³/mol. The Morgan fingerprint density at radius 3 is 2.80 bits per heavy atom. The number of morpholine rings is 1. The van der Waals surface area contributed by atoms with Crippen LogP contribution in [-0.4, -0.2) is 54.0 Å². The van der Waals surface area contributed by atoms with Crippen LogP contribution in [0.3, 0.4) is 0 Å². The highest BCUT2D eigenvalue weighted by Gasteiger charge is 2.28. The number of aliphatic hydroxyl groups excluding tert-OH is 1. The standard InChI is InChI=1S/C14H24N4O2/c1-5-12-16-13(15-4)10(3)14(17-12)18-6-11(7-19)20-8-9(18)2/h9,11,19H,5-8H2,1-4H3,(H,15,16,17). The predicted octanol–water partition coefficient (Wildman–Crippen LogP) is 0.975. The summed E-state index contributed by atoms with van der Waals surface area (Å²) >= 11 is 0. The van der Waals surface area contributed by atoms with Gasteiger partial charge in [-0.05, 0) is 13.8 Å². The Morgan fingerprint density at radius 1 is 1.45 bits per heavy atom. The molecule has 1 saturated heterocycles. The highest BCUT2D eigenvalue weighted by atomic mass is 16.5. The molecule has 1 aromatic rings. The van der Waals surface area contributed by atoms with Gasteiger partial charge in [-0.2, -0.15) is 0 Å². The van der Waals surface area contributed by atoms with Gasteiger partial charge >= 0.3 is 0 Å². The summed E-state index contributed by atoms with van der Waals surface area (Å²) in [4.78, 5) is 11.4. The average Bonchev–Trinajstić information content (AvgIpc) is 2.48. The smallest absolute Gasteiger partial charge is 0.137 e. The van der Waals surface area contributed by atoms with Gasteiger partial charge in [0.25, 0.3) is 0 Å². The van der Waals surface area contributed by atoms with E-state index in [-0.39, 0.29) is 18.8 Å². The molecule has 2 rings (SSSR count). The van der Waals surface area contributed by atoms with E-state index in [4.69, 9.17) is 4.74 Å². The molecule has 0 spiro atoms. The van der Waals surface area contributed by atoms with E-state index in [9.17, 15) is 5.11 Å². The number of hydrogen-bond acceptors (Lipinski definition) is 6. The zero-order chi connectivity index (χ0) is 14.7. The van der Waals surface area contributed by atoms with Crippen LogP contribution in [0.1, 0.15) is 25.2 Å². The lowest BCUT2D eigenvalue weighted by Crippen LogP contribution is -2.50. The molecule has 112 valence electrons. The Labute approximate surface area is 120 Å². The van der Waals surface area contributed by atoms with E-state index < -0.39 is 0 Å². The van der Waals surface area contributed by atoms with Gasteiger partial charge in [0.2, 0.25) is 0 Å². The van der Waals surface area contributed by atoms with Crippen molar-refractivity contribution in [2.24, 2.45) is 0 Å². The van der Waals surface area contributed by atoms with Gasteiger partial charge in [0.1, 0.15) is 17.5 Å². The van der Waals surface area contributed by atoms with E-state index in [0.717, 1.165) is 29.4 Å². The number of nitrogens with zero attached hydrogens (tertiary/aromatic N) is 3. The maximum atomic E-state index is 9.32. The highest BCUT2D eigenvalue weighted by Crippen LogP contribution is 2.27. The summed E-state index contributed by atoms with van der Waals surface area (Å²) < 4.78 is 5.59. The van der Waals surface area contributed by atoms with Gasteiger partial charge in [-0.15, -0.1) is 0 Å². The monoisotopic (exact) mass is 280 g/mol. The van der Waals surface area contributed by atoms with Crippen LogP contribution in [0.25, 0.3) is 0 Å². The minimum Gasteiger partial charge on any atom is -0.394 e. The van der Waals surface area contributed by atoms with Gasteiger partial charge < -0.3 is 20.1 Å². The number of aliphatic hydroxyl groups is 1. The van der Waals surface area contributed by atoms with E-state index in [1.54, 1.807) is 0 Å². The molecule has 2 heterocycles. The van der Waals surface area contributed by atoms with Gasteiger partial charge in [-0.3, -0.25) is 0 Å². The zero-order valence-electron chi connectivity index (χ0n) is 12.7. The molecule has 0 amide bonds. The van der Waals surface area contributed by atoms with Crippen LogP contribution in [0, 0.1) is 6.92 Å². The lowest BCUT2D eigenvalue weighted by Gasteiger charge is -2.39. The molecular weight excluding hydrogens is 256 g/mol. The van der Waals surface area contributed by atoms with Crippen molar-refractivity contribution in [2.75, 3.05) is 37.0 Å². The summed E-state index contributed by atoms with van der Waals surface area (Å²) in [5.41, 5.74) is 1.04. The molecule has 1 aliphatic heterocycles. The molecule has 2 N–H and O–H groups in total. The van der Waals surface area contributed by atoms with Gasteiger partial charge in [0.05, 0.1) is 25.4 Å². The third-order valence-corrected chi connectivity index (χ3v) is 3.70. The number of nitrogens with one attached hydrogen (secondary N) is 1. The Hall–Kier alpha value is -1.40. The molecule has 20 heavy (non-hydrogen) atoms. The van der Waals surface area contributed by atoms with E-state index in [1.165, 1.54) is 0 Å². The number of anilines is 2. The summed E-state index contributed by atoms with van der Waals surface area (Å²) in [6, 6.07) is 0.237. The minimum atomic E-state index is -0.149. The number of hydrogen-bond donors (Lipinski definition) is 2. The topological polar surface area (TPSA) is 70.5 Å². The molecule has 2 unspecified atom stereocenters. The number of ether oxygens (including phenoxy) is 1. The van der Waals surface area contributed by atoms with Gasteiger partial charge in [0.15, 0.2) is 0 Å². The van der Waals surface area contributed by atoms with Crippen molar-refractivity contribution in [3.8, 4) is 0 Å². The second-order valence-corrected chi connectivity index (χ2v) is 5.18. The van der Waals surface area contributed by atoms with E-state index >= 15 is 0 Å². The van der Waals surface area contributed by atoms with Crippen LogP contribution >= 0.6 is 0 Å². The first-order chi connectivity index (χ1) is 9.60. The molecule has 0 aromatic carbocycles. The Kier molecular flexibility index (Phi) is 4.77. The van der Waals surface area contributed by atoms with Gasteiger partial charge in [-0.1, -0.05) is 6.92 Å². The molecule has 1 fully saturated rings.